The van der Waals surface area contributed by atoms with Crippen molar-refractivity contribution in [1.29, 1.82) is 0 Å². The van der Waals surface area contributed by atoms with Gasteiger partial charge in [0.15, 0.2) is 0 Å². The molecule has 1 amide bonds. The third-order valence-electron chi connectivity index (χ3n) is 6.25. The van der Waals surface area contributed by atoms with Gasteiger partial charge < -0.3 is 0 Å². The van der Waals surface area contributed by atoms with Crippen LogP contribution in [0.4, 0.5) is 0 Å². The average Bonchev–Trinajstić information content (AvgIpc) is 3.48. The Hall–Kier alpha value is -1.65. The Morgan fingerprint density at radius 3 is 2.63 bits per heavy atom. The van der Waals surface area contributed by atoms with Crippen molar-refractivity contribution in [3.05, 3.63) is 23.9 Å². The van der Waals surface area contributed by atoms with Gasteiger partial charge in [-0.15, -0.1) is 0 Å². The predicted octanol–water partition coefficient (Wildman–Crippen LogP) is 0.396. The van der Waals surface area contributed by atoms with Crippen molar-refractivity contribution < 1.29 is 9.59 Å². The van der Waals surface area contributed by atoms with Crippen LogP contribution >= 0.6 is 0 Å². The molecule has 4 heterocycles. The van der Waals surface area contributed by atoms with E-state index in [9.17, 15) is 9.59 Å². The maximum absolute atomic E-state index is 12.9. The summed E-state index contributed by atoms with van der Waals surface area (Å²) in [5, 5.41) is 8.62. The SMILES string of the molecule is Cn1nc(C(=O)N[C@@H]2CN3CCC2CC3)c2ccc([AsH]C(=O)C3CC3)cc21. The number of amides is 1. The summed E-state index contributed by atoms with van der Waals surface area (Å²) < 4.78 is 3.36. The van der Waals surface area contributed by atoms with E-state index in [1.54, 1.807) is 4.68 Å². The summed E-state index contributed by atoms with van der Waals surface area (Å²) in [7, 11) is 1.87. The van der Waals surface area contributed by atoms with Crippen molar-refractivity contribution in [3.8, 4) is 0 Å². The number of hydrogen-bond acceptors (Lipinski definition) is 4. The predicted molar refractivity (Wildman–Crippen MR) is 106 cm³/mol. The summed E-state index contributed by atoms with van der Waals surface area (Å²) in [6.45, 7) is 3.28. The van der Waals surface area contributed by atoms with E-state index in [1.807, 2.05) is 19.2 Å². The van der Waals surface area contributed by atoms with E-state index in [2.05, 4.69) is 21.4 Å². The topological polar surface area (TPSA) is 67.2 Å². The summed E-state index contributed by atoms with van der Waals surface area (Å²) in [6, 6.07) is 6.30. The first-order valence-electron chi connectivity index (χ1n) is 9.89. The third-order valence-corrected chi connectivity index (χ3v) is 8.89. The van der Waals surface area contributed by atoms with E-state index in [-0.39, 0.29) is 11.9 Å². The number of fused-ring (bicyclic) bond motifs is 4. The molecule has 4 fully saturated rings. The van der Waals surface area contributed by atoms with E-state index >= 15 is 0 Å². The van der Waals surface area contributed by atoms with Crippen LogP contribution in [0.5, 0.6) is 0 Å². The molecular weight excluding hydrogens is 403 g/mol. The molecule has 1 aliphatic carbocycles. The van der Waals surface area contributed by atoms with Gasteiger partial charge in [-0.25, -0.2) is 0 Å². The van der Waals surface area contributed by atoms with E-state index in [0.29, 0.717) is 22.1 Å². The van der Waals surface area contributed by atoms with E-state index in [0.717, 1.165) is 47.7 Å². The molecule has 0 spiro atoms. The zero-order chi connectivity index (χ0) is 18.5. The van der Waals surface area contributed by atoms with E-state index in [4.69, 9.17) is 0 Å². The van der Waals surface area contributed by atoms with Crippen molar-refractivity contribution in [2.45, 2.75) is 31.7 Å². The second kappa shape index (κ2) is 6.75. The molecule has 2 bridgehead atoms. The van der Waals surface area contributed by atoms with Crippen LogP contribution < -0.4 is 9.67 Å². The summed E-state index contributed by atoms with van der Waals surface area (Å²) in [6.07, 6.45) is 4.49. The summed E-state index contributed by atoms with van der Waals surface area (Å²) in [5.74, 6) is 0.853. The minimum absolute atomic E-state index is 0.0721. The zero-order valence-corrected chi connectivity index (χ0v) is 17.7. The fourth-order valence-corrected chi connectivity index (χ4v) is 6.88. The number of carbonyl (C=O) groups excluding carboxylic acids is 2. The van der Waals surface area contributed by atoms with Crippen molar-refractivity contribution in [2.24, 2.45) is 18.9 Å². The molecule has 2 aromatic rings. The van der Waals surface area contributed by atoms with Crippen LogP contribution in [0, 0.1) is 11.8 Å². The number of nitrogens with one attached hydrogen (secondary N) is 1. The molecule has 7 heteroatoms. The van der Waals surface area contributed by atoms with Gasteiger partial charge in [0.2, 0.25) is 0 Å². The van der Waals surface area contributed by atoms with Crippen LogP contribution in [-0.2, 0) is 11.8 Å². The fraction of sp³-hybridized carbons (Fsp3) is 0.550. The van der Waals surface area contributed by atoms with Crippen LogP contribution in [-0.4, -0.2) is 66.6 Å². The van der Waals surface area contributed by atoms with Crippen LogP contribution in [0.3, 0.4) is 0 Å². The van der Waals surface area contributed by atoms with Gasteiger partial charge in [-0.05, 0) is 0 Å². The number of aryl methyl sites for hydroxylation is 1. The molecule has 1 N–H and O–H groups in total. The van der Waals surface area contributed by atoms with Crippen molar-refractivity contribution in [1.82, 2.24) is 20.0 Å². The second-order valence-corrected chi connectivity index (χ2v) is 11.0. The van der Waals surface area contributed by atoms with Crippen LogP contribution in [0.2, 0.25) is 0 Å². The number of aromatic nitrogens is 2. The molecule has 1 aromatic heterocycles. The molecule has 1 aromatic carbocycles. The fourth-order valence-electron chi connectivity index (χ4n) is 4.46. The minimum atomic E-state index is -0.761. The molecule has 0 radical (unpaired) electrons. The number of nitrogens with zero attached hydrogens (tertiary/aromatic N) is 3. The molecule has 27 heavy (non-hydrogen) atoms. The molecule has 4 aliphatic rings. The first-order chi connectivity index (χ1) is 13.1. The Labute approximate surface area is 165 Å². The Morgan fingerprint density at radius 1 is 1.19 bits per heavy atom. The molecule has 142 valence electrons. The normalized spacial score (nSPS) is 27.5. The number of benzene rings is 1. The van der Waals surface area contributed by atoms with Crippen molar-refractivity contribution >= 4 is 41.5 Å². The molecule has 1 unspecified atom stereocenters. The summed E-state index contributed by atoms with van der Waals surface area (Å²) in [4.78, 5) is 27.5. The van der Waals surface area contributed by atoms with Gasteiger partial charge in [-0.3, -0.25) is 0 Å². The van der Waals surface area contributed by atoms with Crippen molar-refractivity contribution in [2.75, 3.05) is 19.6 Å². The molecule has 3 aliphatic heterocycles. The average molecular weight is 428 g/mol. The van der Waals surface area contributed by atoms with Crippen LogP contribution in [0.15, 0.2) is 18.2 Å². The summed E-state index contributed by atoms with van der Waals surface area (Å²) in [5.41, 5.74) is 1.45. The Bertz CT molecular complexity index is 912. The second-order valence-electron chi connectivity index (χ2n) is 8.19. The van der Waals surface area contributed by atoms with Gasteiger partial charge in [0.25, 0.3) is 0 Å². The third kappa shape index (κ3) is 3.34. The van der Waals surface area contributed by atoms with E-state index in [1.165, 1.54) is 12.8 Å². The van der Waals surface area contributed by atoms with Gasteiger partial charge in [0.05, 0.1) is 0 Å². The van der Waals surface area contributed by atoms with Crippen molar-refractivity contribution in [3.63, 3.8) is 0 Å². The quantitative estimate of drug-likeness (QED) is 0.701. The van der Waals surface area contributed by atoms with Crippen LogP contribution in [0.25, 0.3) is 10.9 Å². The Kier molecular flexibility index (Phi) is 4.36. The number of hydrogen-bond donors (Lipinski definition) is 1. The maximum atomic E-state index is 12.9. The summed E-state index contributed by atoms with van der Waals surface area (Å²) >= 11 is -0.761. The molecule has 3 saturated heterocycles. The molecule has 6 rings (SSSR count). The van der Waals surface area contributed by atoms with E-state index < -0.39 is 15.8 Å². The number of piperidine rings is 3. The van der Waals surface area contributed by atoms with Gasteiger partial charge >= 0.3 is 165 Å². The monoisotopic (exact) mass is 428 g/mol. The van der Waals surface area contributed by atoms with Gasteiger partial charge in [-0.1, -0.05) is 0 Å². The molecule has 6 nitrogen and oxygen atoms in total. The molecular formula is C20H25AsN4O2. The standard InChI is InChI=1S/C20H25AsN4O2/c1-24-17-10-14(21-19(26)13-2-3-13)4-5-15(17)18(23-24)20(27)22-16-11-25-8-6-12(16)7-9-25/h4-5,10,12-13,16,21H,2-3,6-9,11H2,1H3,(H,22,27)/t16-/m1/s1. The van der Waals surface area contributed by atoms with Crippen LogP contribution in [0.1, 0.15) is 36.2 Å². The first-order valence-corrected chi connectivity index (χ1v) is 12.0. The van der Waals surface area contributed by atoms with Gasteiger partial charge in [0, 0.05) is 0 Å². The molecule has 2 atom stereocenters. The van der Waals surface area contributed by atoms with Gasteiger partial charge in [0.1, 0.15) is 0 Å². The first kappa shape index (κ1) is 17.4. The zero-order valence-electron chi connectivity index (χ0n) is 15.6. The number of carbonyl (C=O) groups is 2. The number of rotatable bonds is 5. The Morgan fingerprint density at radius 2 is 1.96 bits per heavy atom. The van der Waals surface area contributed by atoms with Gasteiger partial charge in [-0.2, -0.15) is 0 Å². The molecule has 1 saturated carbocycles. The Balaban J connectivity index is 1.36.